The summed E-state index contributed by atoms with van der Waals surface area (Å²) in [5.74, 6) is -2.03. The van der Waals surface area contributed by atoms with Crippen molar-refractivity contribution >= 4 is 11.8 Å². The molecule has 1 rings (SSSR count). The summed E-state index contributed by atoms with van der Waals surface area (Å²) >= 11 is 0. The Morgan fingerprint density at radius 1 is 1.32 bits per heavy atom. The number of nitriles is 1. The third-order valence-electron chi connectivity index (χ3n) is 2.82. The van der Waals surface area contributed by atoms with Gasteiger partial charge in [-0.3, -0.25) is 4.79 Å². The van der Waals surface area contributed by atoms with E-state index in [1.54, 1.807) is 6.92 Å². The van der Waals surface area contributed by atoms with Crippen LogP contribution >= 0.6 is 0 Å². The molecule has 0 aliphatic carbocycles. The summed E-state index contributed by atoms with van der Waals surface area (Å²) in [7, 11) is 0. The van der Waals surface area contributed by atoms with Crippen LogP contribution in [0.5, 0.6) is 0 Å². The van der Waals surface area contributed by atoms with Gasteiger partial charge in [0.05, 0.1) is 12.7 Å². The number of rotatable bonds is 6. The first-order valence-corrected chi connectivity index (χ1v) is 6.20. The molecule has 1 aromatic rings. The standard InChI is InChI=1S/C15H17NO3/c1-3-19-15(18)14(10-16)13(9-11(2)17)12-7-5-4-6-8-12/h4-8,13-14H,3,9H2,1-2H3. The number of ketones is 1. The van der Waals surface area contributed by atoms with E-state index in [-0.39, 0.29) is 18.8 Å². The maximum Gasteiger partial charge on any atom is 0.323 e. The van der Waals surface area contributed by atoms with Crippen LogP contribution in [0.3, 0.4) is 0 Å². The Hall–Kier alpha value is -2.15. The number of nitrogens with zero attached hydrogens (tertiary/aromatic N) is 1. The third-order valence-corrected chi connectivity index (χ3v) is 2.82. The molecule has 100 valence electrons. The highest BCUT2D eigenvalue weighted by Gasteiger charge is 2.31. The van der Waals surface area contributed by atoms with Crippen LogP contribution in [0, 0.1) is 17.2 Å². The van der Waals surface area contributed by atoms with Crippen LogP contribution in [0.15, 0.2) is 30.3 Å². The summed E-state index contributed by atoms with van der Waals surface area (Å²) in [6, 6.07) is 11.1. The zero-order valence-corrected chi connectivity index (χ0v) is 11.1. The molecule has 0 aromatic heterocycles. The van der Waals surface area contributed by atoms with Crippen molar-refractivity contribution in [2.75, 3.05) is 6.61 Å². The first kappa shape index (κ1) is 14.9. The van der Waals surface area contributed by atoms with Gasteiger partial charge in [0.15, 0.2) is 5.92 Å². The Morgan fingerprint density at radius 3 is 2.42 bits per heavy atom. The SMILES string of the molecule is CCOC(=O)C(C#N)C(CC(C)=O)c1ccccc1. The molecule has 0 bridgehead atoms. The second kappa shape index (κ2) is 7.32. The first-order chi connectivity index (χ1) is 9.10. The van der Waals surface area contributed by atoms with Gasteiger partial charge in [0.1, 0.15) is 5.78 Å². The summed E-state index contributed by atoms with van der Waals surface area (Å²) < 4.78 is 4.91. The molecule has 0 N–H and O–H groups in total. The average Bonchev–Trinajstić information content (AvgIpc) is 2.39. The van der Waals surface area contributed by atoms with E-state index >= 15 is 0 Å². The molecular formula is C15H17NO3. The van der Waals surface area contributed by atoms with Crippen molar-refractivity contribution < 1.29 is 14.3 Å². The van der Waals surface area contributed by atoms with Gasteiger partial charge < -0.3 is 9.53 Å². The molecule has 0 aliphatic rings. The molecule has 0 spiro atoms. The lowest BCUT2D eigenvalue weighted by Gasteiger charge is -2.20. The molecule has 0 heterocycles. The number of hydrogen-bond donors (Lipinski definition) is 0. The van der Waals surface area contributed by atoms with Gasteiger partial charge in [-0.15, -0.1) is 0 Å². The Balaban J connectivity index is 3.05. The average molecular weight is 259 g/mol. The maximum atomic E-state index is 11.8. The number of esters is 1. The van der Waals surface area contributed by atoms with Crippen LogP contribution in [-0.2, 0) is 14.3 Å². The van der Waals surface area contributed by atoms with Crippen LogP contribution < -0.4 is 0 Å². The number of carbonyl (C=O) groups is 2. The van der Waals surface area contributed by atoms with Gasteiger partial charge >= 0.3 is 5.97 Å². The Bertz CT molecular complexity index is 476. The number of benzene rings is 1. The molecule has 1 aromatic carbocycles. The molecular weight excluding hydrogens is 242 g/mol. The summed E-state index contributed by atoms with van der Waals surface area (Å²) in [6.07, 6.45) is 0.154. The molecule has 0 amide bonds. The molecule has 0 saturated carbocycles. The van der Waals surface area contributed by atoms with E-state index in [1.807, 2.05) is 36.4 Å². The van der Waals surface area contributed by atoms with Crippen LogP contribution in [0.4, 0.5) is 0 Å². The summed E-state index contributed by atoms with van der Waals surface area (Å²) in [5, 5.41) is 9.21. The summed E-state index contributed by atoms with van der Waals surface area (Å²) in [4.78, 5) is 23.2. The van der Waals surface area contributed by atoms with E-state index < -0.39 is 17.8 Å². The van der Waals surface area contributed by atoms with Crippen LogP contribution in [0.1, 0.15) is 31.7 Å². The fraction of sp³-hybridized carbons (Fsp3) is 0.400. The number of carbonyl (C=O) groups excluding carboxylic acids is 2. The van der Waals surface area contributed by atoms with E-state index in [0.29, 0.717) is 0 Å². The lowest BCUT2D eigenvalue weighted by Crippen LogP contribution is -2.25. The zero-order valence-electron chi connectivity index (χ0n) is 11.1. The fourth-order valence-corrected chi connectivity index (χ4v) is 1.98. The Kier molecular flexibility index (Phi) is 5.74. The number of ether oxygens (including phenoxy) is 1. The predicted octanol–water partition coefficient (Wildman–Crippen LogP) is 2.45. The normalized spacial score (nSPS) is 13.1. The Labute approximate surface area is 113 Å². The number of hydrogen-bond acceptors (Lipinski definition) is 4. The van der Waals surface area contributed by atoms with E-state index in [1.165, 1.54) is 6.92 Å². The molecule has 0 saturated heterocycles. The predicted molar refractivity (Wildman–Crippen MR) is 70.2 cm³/mol. The van der Waals surface area contributed by atoms with Crippen LogP contribution in [-0.4, -0.2) is 18.4 Å². The van der Waals surface area contributed by atoms with E-state index in [0.717, 1.165) is 5.56 Å². The maximum absolute atomic E-state index is 11.8. The lowest BCUT2D eigenvalue weighted by atomic mass is 9.83. The van der Waals surface area contributed by atoms with Gasteiger partial charge in [-0.25, -0.2) is 0 Å². The van der Waals surface area contributed by atoms with Crippen molar-refractivity contribution in [3.8, 4) is 6.07 Å². The minimum Gasteiger partial charge on any atom is -0.465 e. The van der Waals surface area contributed by atoms with E-state index in [9.17, 15) is 14.9 Å². The van der Waals surface area contributed by atoms with E-state index in [4.69, 9.17) is 4.74 Å². The second-order valence-corrected chi connectivity index (χ2v) is 4.28. The molecule has 0 radical (unpaired) electrons. The molecule has 4 nitrogen and oxygen atoms in total. The van der Waals surface area contributed by atoms with Crippen molar-refractivity contribution in [1.29, 1.82) is 5.26 Å². The monoisotopic (exact) mass is 259 g/mol. The smallest absolute Gasteiger partial charge is 0.323 e. The summed E-state index contributed by atoms with van der Waals surface area (Å²) in [6.45, 7) is 3.36. The van der Waals surface area contributed by atoms with Crippen molar-refractivity contribution in [1.82, 2.24) is 0 Å². The minimum atomic E-state index is -0.953. The molecule has 2 atom stereocenters. The van der Waals surface area contributed by atoms with Gasteiger partial charge in [-0.1, -0.05) is 30.3 Å². The molecule has 19 heavy (non-hydrogen) atoms. The Morgan fingerprint density at radius 2 is 1.95 bits per heavy atom. The molecule has 0 aliphatic heterocycles. The van der Waals surface area contributed by atoms with Crippen molar-refractivity contribution in [2.45, 2.75) is 26.2 Å². The quantitative estimate of drug-likeness (QED) is 0.736. The fourth-order valence-electron chi connectivity index (χ4n) is 1.98. The highest BCUT2D eigenvalue weighted by molar-refractivity contribution is 5.81. The molecule has 2 unspecified atom stereocenters. The van der Waals surface area contributed by atoms with Gasteiger partial charge in [0, 0.05) is 12.3 Å². The summed E-state index contributed by atoms with van der Waals surface area (Å²) in [5.41, 5.74) is 0.803. The van der Waals surface area contributed by atoms with Crippen molar-refractivity contribution in [3.05, 3.63) is 35.9 Å². The van der Waals surface area contributed by atoms with Crippen LogP contribution in [0.25, 0.3) is 0 Å². The molecule has 4 heteroatoms. The van der Waals surface area contributed by atoms with Gasteiger partial charge in [-0.2, -0.15) is 5.26 Å². The molecule has 0 fully saturated rings. The lowest BCUT2D eigenvalue weighted by molar-refractivity contribution is -0.146. The second-order valence-electron chi connectivity index (χ2n) is 4.28. The van der Waals surface area contributed by atoms with Crippen molar-refractivity contribution in [2.24, 2.45) is 5.92 Å². The van der Waals surface area contributed by atoms with E-state index in [2.05, 4.69) is 0 Å². The largest absolute Gasteiger partial charge is 0.465 e. The van der Waals surface area contributed by atoms with Gasteiger partial charge in [0.25, 0.3) is 0 Å². The highest BCUT2D eigenvalue weighted by atomic mass is 16.5. The third kappa shape index (κ3) is 4.22. The van der Waals surface area contributed by atoms with Crippen molar-refractivity contribution in [3.63, 3.8) is 0 Å². The van der Waals surface area contributed by atoms with Gasteiger partial charge in [-0.05, 0) is 19.4 Å². The highest BCUT2D eigenvalue weighted by Crippen LogP contribution is 2.29. The topological polar surface area (TPSA) is 67.2 Å². The number of Topliss-reactive ketones (excluding diaryl/α,β-unsaturated/α-hetero) is 1. The first-order valence-electron chi connectivity index (χ1n) is 6.20. The van der Waals surface area contributed by atoms with Gasteiger partial charge in [0.2, 0.25) is 0 Å². The zero-order chi connectivity index (χ0) is 14.3. The van der Waals surface area contributed by atoms with Crippen LogP contribution in [0.2, 0.25) is 0 Å². The minimum absolute atomic E-state index is 0.0570.